The van der Waals surface area contributed by atoms with Crippen molar-refractivity contribution in [1.29, 1.82) is 0 Å². The minimum atomic E-state index is -4.85. The molecule has 2 nitrogen and oxygen atoms in total. The first-order valence-corrected chi connectivity index (χ1v) is 13.5. The van der Waals surface area contributed by atoms with E-state index in [4.69, 9.17) is 3.07 Å². The van der Waals surface area contributed by atoms with Crippen molar-refractivity contribution in [2.45, 2.75) is 39.8 Å². The van der Waals surface area contributed by atoms with Crippen LogP contribution in [0.4, 0.5) is 13.2 Å². The molecule has 0 radical (unpaired) electrons. The Morgan fingerprint density at radius 2 is 1.87 bits per heavy atom. The quantitative estimate of drug-likeness (QED) is 0.743. The van der Waals surface area contributed by atoms with Crippen molar-refractivity contribution < 1.29 is 21.0 Å². The van der Waals surface area contributed by atoms with Crippen LogP contribution in [0.25, 0.3) is 0 Å². The van der Waals surface area contributed by atoms with Crippen LogP contribution in [0.3, 0.4) is 0 Å². The molecule has 1 aliphatic rings. The van der Waals surface area contributed by atoms with E-state index in [1.807, 2.05) is 6.92 Å². The first-order valence-electron chi connectivity index (χ1n) is 4.95. The molecule has 1 aliphatic carbocycles. The van der Waals surface area contributed by atoms with Crippen LogP contribution in [-0.4, -0.2) is 30.9 Å². The zero-order valence-corrected chi connectivity index (χ0v) is 11.9. The van der Waals surface area contributed by atoms with E-state index in [9.17, 15) is 18.0 Å². The van der Waals surface area contributed by atoms with Gasteiger partial charge >= 0.3 is 91.5 Å². The Labute approximate surface area is 91.6 Å². The predicted octanol–water partition coefficient (Wildman–Crippen LogP) is 3.10. The molecule has 1 saturated carbocycles. The van der Waals surface area contributed by atoms with E-state index in [1.165, 1.54) is 0 Å². The monoisotopic (exact) mass is 332 g/mol. The molecular formula is C9H15F3O2Sn. The first kappa shape index (κ1) is 13.1. The van der Waals surface area contributed by atoms with Gasteiger partial charge in [-0.05, 0) is 0 Å². The molecule has 0 amide bonds. The third-order valence-electron chi connectivity index (χ3n) is 3.01. The maximum absolute atomic E-state index is 12.0. The second-order valence-electron chi connectivity index (χ2n) is 4.62. The van der Waals surface area contributed by atoms with Gasteiger partial charge in [0.25, 0.3) is 0 Å². The molecule has 0 aromatic heterocycles. The van der Waals surface area contributed by atoms with Gasteiger partial charge < -0.3 is 0 Å². The summed E-state index contributed by atoms with van der Waals surface area (Å²) in [5, 5.41) is 0. The minimum absolute atomic E-state index is 0.172. The van der Waals surface area contributed by atoms with E-state index in [2.05, 4.69) is 0 Å². The van der Waals surface area contributed by atoms with Crippen molar-refractivity contribution in [3.63, 3.8) is 0 Å². The maximum atomic E-state index is 12.0. The Bertz CT molecular complexity index is 259. The molecule has 0 saturated heterocycles. The SMILES string of the molecule is C[CH](C1CC1)[Sn]([CH3])([CH3])[O]C(=O)C(F)(F)F. The predicted molar refractivity (Wildman–Crippen MR) is 51.8 cm³/mol. The van der Waals surface area contributed by atoms with Crippen LogP contribution < -0.4 is 0 Å². The molecule has 1 unspecified atom stereocenters. The van der Waals surface area contributed by atoms with Crippen molar-refractivity contribution in [1.82, 2.24) is 0 Å². The van der Waals surface area contributed by atoms with Gasteiger partial charge in [-0.15, -0.1) is 0 Å². The number of carbonyl (C=O) groups is 1. The average molecular weight is 331 g/mol. The molecule has 0 N–H and O–H groups in total. The van der Waals surface area contributed by atoms with Crippen molar-refractivity contribution >= 4 is 24.8 Å². The van der Waals surface area contributed by atoms with E-state index in [0.717, 1.165) is 12.8 Å². The Kier molecular flexibility index (Phi) is 3.62. The molecule has 6 heteroatoms. The van der Waals surface area contributed by atoms with Gasteiger partial charge in [-0.3, -0.25) is 0 Å². The molecule has 0 heterocycles. The summed E-state index contributed by atoms with van der Waals surface area (Å²) < 4.78 is 40.9. The summed E-state index contributed by atoms with van der Waals surface area (Å²) in [6.45, 7) is 1.91. The van der Waals surface area contributed by atoms with Gasteiger partial charge in [-0.25, -0.2) is 0 Å². The number of hydrogen-bond acceptors (Lipinski definition) is 2. The molecule has 1 rings (SSSR count). The van der Waals surface area contributed by atoms with Gasteiger partial charge in [0.05, 0.1) is 0 Å². The molecular weight excluding hydrogens is 316 g/mol. The fourth-order valence-electron chi connectivity index (χ4n) is 1.55. The fourth-order valence-corrected chi connectivity index (χ4v) is 7.97. The third kappa shape index (κ3) is 3.53. The molecule has 0 aromatic rings. The van der Waals surface area contributed by atoms with E-state index in [-0.39, 0.29) is 3.93 Å². The third-order valence-corrected chi connectivity index (χ3v) is 12.6. The van der Waals surface area contributed by atoms with Gasteiger partial charge in [0.2, 0.25) is 0 Å². The Morgan fingerprint density at radius 1 is 1.40 bits per heavy atom. The summed E-state index contributed by atoms with van der Waals surface area (Å²) in [6, 6.07) is 0. The van der Waals surface area contributed by atoms with Crippen molar-refractivity contribution in [3.05, 3.63) is 0 Å². The van der Waals surface area contributed by atoms with Crippen LogP contribution >= 0.6 is 0 Å². The van der Waals surface area contributed by atoms with E-state index < -0.39 is 30.9 Å². The van der Waals surface area contributed by atoms with Crippen molar-refractivity contribution in [3.8, 4) is 0 Å². The number of halogens is 3. The first-order chi connectivity index (χ1) is 6.64. The van der Waals surface area contributed by atoms with E-state index >= 15 is 0 Å². The summed E-state index contributed by atoms with van der Waals surface area (Å²) in [4.78, 5) is 14.2. The molecule has 0 aliphatic heterocycles. The van der Waals surface area contributed by atoms with Gasteiger partial charge in [-0.1, -0.05) is 0 Å². The van der Waals surface area contributed by atoms with E-state index in [0.29, 0.717) is 5.92 Å². The molecule has 0 bridgehead atoms. The number of carbonyl (C=O) groups excluding carboxylic acids is 1. The van der Waals surface area contributed by atoms with Gasteiger partial charge in [0.15, 0.2) is 0 Å². The summed E-state index contributed by atoms with van der Waals surface area (Å²) in [5.74, 6) is -1.52. The Balaban J connectivity index is 2.58. The van der Waals surface area contributed by atoms with Gasteiger partial charge in [-0.2, -0.15) is 0 Å². The molecule has 0 aromatic carbocycles. The summed E-state index contributed by atoms with van der Waals surface area (Å²) in [6.07, 6.45) is -2.73. The average Bonchev–Trinajstić information content (AvgIpc) is 2.82. The molecule has 0 spiro atoms. The summed E-state index contributed by atoms with van der Waals surface area (Å²) in [7, 11) is 0. The van der Waals surface area contributed by atoms with Gasteiger partial charge in [0.1, 0.15) is 0 Å². The summed E-state index contributed by atoms with van der Waals surface area (Å²) in [5.41, 5.74) is 0. The van der Waals surface area contributed by atoms with Crippen molar-refractivity contribution in [2.75, 3.05) is 0 Å². The Morgan fingerprint density at radius 3 is 2.20 bits per heavy atom. The molecule has 88 valence electrons. The van der Waals surface area contributed by atoms with Crippen LogP contribution in [0.5, 0.6) is 0 Å². The second kappa shape index (κ2) is 4.14. The number of alkyl halides is 3. The number of hydrogen-bond donors (Lipinski definition) is 0. The zero-order valence-electron chi connectivity index (χ0n) is 9.02. The van der Waals surface area contributed by atoms with E-state index in [1.54, 1.807) is 9.88 Å². The standard InChI is InChI=1S/C5H9.C2HF3O2.2CH3.Sn/c1-2-5-3-4-5;3-2(4,5)1(6)7;;;/h2,5H,3-4H2,1H3;(H,6,7);2*1H3;/q;;;;+1/p-1. The number of rotatable bonds is 3. The summed E-state index contributed by atoms with van der Waals surface area (Å²) >= 11 is -3.32. The molecule has 15 heavy (non-hydrogen) atoms. The molecule has 1 fully saturated rings. The van der Waals surface area contributed by atoms with Gasteiger partial charge in [0, 0.05) is 0 Å². The fraction of sp³-hybridized carbons (Fsp3) is 0.889. The molecule has 1 atom stereocenters. The second-order valence-corrected chi connectivity index (χ2v) is 17.0. The normalized spacial score (nSPS) is 19.9. The van der Waals surface area contributed by atoms with Crippen LogP contribution in [-0.2, 0) is 7.87 Å². The van der Waals surface area contributed by atoms with Crippen LogP contribution in [0.1, 0.15) is 19.8 Å². The van der Waals surface area contributed by atoms with Crippen LogP contribution in [0, 0.1) is 5.92 Å². The Hall–Kier alpha value is 0.0587. The van der Waals surface area contributed by atoms with Crippen LogP contribution in [0.15, 0.2) is 0 Å². The van der Waals surface area contributed by atoms with Crippen LogP contribution in [0.2, 0.25) is 13.8 Å². The topological polar surface area (TPSA) is 26.3 Å². The zero-order chi connectivity index (χ0) is 11.9. The van der Waals surface area contributed by atoms with Crippen molar-refractivity contribution in [2.24, 2.45) is 5.92 Å².